The fourth-order valence-corrected chi connectivity index (χ4v) is 5.44. The first-order valence-corrected chi connectivity index (χ1v) is 9.65. The Balaban J connectivity index is 1.62. The Morgan fingerprint density at radius 3 is 2.54 bits per heavy atom. The third kappa shape index (κ3) is 3.50. The molecule has 0 saturated heterocycles. The zero-order valence-electron chi connectivity index (χ0n) is 16.2. The molecule has 1 aromatic heterocycles. The maximum Gasteiger partial charge on any atom is 0.257 e. The van der Waals surface area contributed by atoms with E-state index in [0.29, 0.717) is 23.5 Å². The number of aromatic nitrogens is 2. The van der Waals surface area contributed by atoms with Crippen LogP contribution in [-0.2, 0) is 0 Å². The number of anilines is 1. The third-order valence-corrected chi connectivity index (χ3v) is 6.14. The lowest BCUT2D eigenvalue weighted by Gasteiger charge is -2.58. The van der Waals surface area contributed by atoms with Crippen molar-refractivity contribution in [1.82, 2.24) is 9.97 Å². The monoisotopic (exact) mass is 390 g/mol. The number of nitrogens with zero attached hydrogens (tertiary/aromatic N) is 3. The van der Waals surface area contributed by atoms with E-state index in [0.717, 1.165) is 32.1 Å². The van der Waals surface area contributed by atoms with Crippen molar-refractivity contribution in [2.24, 2.45) is 34.2 Å². The van der Waals surface area contributed by atoms with E-state index in [2.05, 4.69) is 20.3 Å². The van der Waals surface area contributed by atoms with E-state index in [1.807, 2.05) is 0 Å². The summed E-state index contributed by atoms with van der Waals surface area (Å²) < 4.78 is 19.6. The van der Waals surface area contributed by atoms with Crippen molar-refractivity contribution >= 4 is 17.6 Å². The average molecular weight is 390 g/mol. The van der Waals surface area contributed by atoms with Gasteiger partial charge in [0.2, 0.25) is 11.8 Å². The van der Waals surface area contributed by atoms with Crippen LogP contribution >= 0.6 is 0 Å². The van der Waals surface area contributed by atoms with Gasteiger partial charge in [-0.05, 0) is 62.9 Å². The maximum absolute atomic E-state index is 14.5. The molecule has 2 unspecified atom stereocenters. The van der Waals surface area contributed by atoms with Crippen LogP contribution in [-0.4, -0.2) is 39.7 Å². The van der Waals surface area contributed by atoms with Gasteiger partial charge in [0.15, 0.2) is 5.82 Å². The van der Waals surface area contributed by atoms with Gasteiger partial charge in [0.1, 0.15) is 5.84 Å². The fourth-order valence-electron chi connectivity index (χ4n) is 5.44. The van der Waals surface area contributed by atoms with Gasteiger partial charge in [0.25, 0.3) is 5.88 Å². The van der Waals surface area contributed by atoms with Crippen molar-refractivity contribution in [3.8, 4) is 5.88 Å². The molecule has 4 saturated carbocycles. The van der Waals surface area contributed by atoms with E-state index in [4.69, 9.17) is 16.2 Å². The summed E-state index contributed by atoms with van der Waals surface area (Å²) in [6.45, 7) is 1.66. The second-order valence-electron chi connectivity index (χ2n) is 8.48. The number of rotatable bonds is 5. The standard InChI is InChI=1S/C19H27FN6O2/c1-9(21)3-13(22)23-16-14(20)17(28-2)26-18(25-16)24-15-11-4-10-5-12(15)8-19(27,6-10)7-11/h3,10-12,15,27H,4-8,21H2,1-2H3,(H3,22,23,24,25,26)/b9-3-. The minimum atomic E-state index is -0.779. The van der Waals surface area contributed by atoms with E-state index in [9.17, 15) is 9.50 Å². The molecule has 4 fully saturated rings. The van der Waals surface area contributed by atoms with E-state index in [-0.39, 0.29) is 29.5 Å². The molecule has 0 amide bonds. The predicted molar refractivity (Wildman–Crippen MR) is 104 cm³/mol. The Kier molecular flexibility index (Phi) is 4.65. The smallest absolute Gasteiger partial charge is 0.257 e. The Morgan fingerprint density at radius 1 is 1.29 bits per heavy atom. The first kappa shape index (κ1) is 18.9. The van der Waals surface area contributed by atoms with Crippen LogP contribution in [0.4, 0.5) is 16.2 Å². The van der Waals surface area contributed by atoms with Crippen molar-refractivity contribution in [3.63, 3.8) is 0 Å². The van der Waals surface area contributed by atoms with E-state index < -0.39 is 11.4 Å². The maximum atomic E-state index is 14.5. The molecule has 6 N–H and O–H groups in total. The normalized spacial score (nSPS) is 34.6. The number of aliphatic hydroxyl groups is 1. The largest absolute Gasteiger partial charge is 0.479 e. The first-order valence-electron chi connectivity index (χ1n) is 9.65. The van der Waals surface area contributed by atoms with Crippen LogP contribution < -0.4 is 21.5 Å². The number of halogens is 1. The zero-order valence-corrected chi connectivity index (χ0v) is 16.2. The molecule has 0 aromatic carbocycles. The Bertz CT molecular complexity index is 822. The van der Waals surface area contributed by atoms with Gasteiger partial charge in [0.05, 0.1) is 12.7 Å². The Morgan fingerprint density at radius 2 is 1.96 bits per heavy atom. The zero-order chi connectivity index (χ0) is 20.1. The fraction of sp³-hybridized carbons (Fsp3) is 0.632. The van der Waals surface area contributed by atoms with Gasteiger partial charge >= 0.3 is 0 Å². The molecular formula is C19H27FN6O2. The number of hydrogen-bond acceptors (Lipinski definition) is 7. The number of aliphatic imine (C=N–C) groups is 1. The molecule has 5 rings (SSSR count). The van der Waals surface area contributed by atoms with Crippen molar-refractivity contribution in [1.29, 1.82) is 0 Å². The topological polar surface area (TPSA) is 132 Å². The number of hydrogen-bond donors (Lipinski definition) is 4. The molecule has 4 bridgehead atoms. The van der Waals surface area contributed by atoms with Crippen LogP contribution in [0.1, 0.15) is 39.0 Å². The summed E-state index contributed by atoms with van der Waals surface area (Å²) in [6.07, 6.45) is 6.10. The number of methoxy groups -OCH3 is 1. The van der Waals surface area contributed by atoms with Gasteiger partial charge in [-0.3, -0.25) is 0 Å². The molecular weight excluding hydrogens is 363 g/mol. The van der Waals surface area contributed by atoms with Gasteiger partial charge in [-0.1, -0.05) is 0 Å². The van der Waals surface area contributed by atoms with E-state index >= 15 is 0 Å². The van der Waals surface area contributed by atoms with Crippen LogP contribution in [0.3, 0.4) is 0 Å². The molecule has 28 heavy (non-hydrogen) atoms. The lowest BCUT2D eigenvalue weighted by atomic mass is 9.52. The molecule has 4 aliphatic rings. The van der Waals surface area contributed by atoms with Crippen molar-refractivity contribution in [2.45, 2.75) is 50.7 Å². The van der Waals surface area contributed by atoms with Crippen molar-refractivity contribution in [2.75, 3.05) is 12.4 Å². The van der Waals surface area contributed by atoms with E-state index in [1.54, 1.807) is 6.92 Å². The number of amidine groups is 1. The summed E-state index contributed by atoms with van der Waals surface area (Å²) in [6, 6.07) is 0.146. The second-order valence-corrected chi connectivity index (χ2v) is 8.48. The third-order valence-electron chi connectivity index (χ3n) is 6.14. The van der Waals surface area contributed by atoms with Crippen LogP contribution in [0.2, 0.25) is 0 Å². The molecule has 0 radical (unpaired) electrons. The number of nitrogens with two attached hydrogens (primary N) is 2. The highest BCUT2D eigenvalue weighted by Crippen LogP contribution is 2.56. The van der Waals surface area contributed by atoms with E-state index in [1.165, 1.54) is 13.2 Å². The summed E-state index contributed by atoms with van der Waals surface area (Å²) in [5, 5.41) is 14.1. The summed E-state index contributed by atoms with van der Waals surface area (Å²) in [5.41, 5.74) is 11.3. The molecule has 0 aliphatic heterocycles. The number of ether oxygens (including phenoxy) is 1. The lowest BCUT2D eigenvalue weighted by Crippen LogP contribution is -2.59. The van der Waals surface area contributed by atoms with Crippen molar-refractivity contribution < 1.29 is 14.2 Å². The highest BCUT2D eigenvalue weighted by atomic mass is 19.1. The van der Waals surface area contributed by atoms with Crippen LogP contribution in [0.15, 0.2) is 16.8 Å². The summed E-state index contributed by atoms with van der Waals surface area (Å²) >= 11 is 0. The van der Waals surface area contributed by atoms with Crippen molar-refractivity contribution in [3.05, 3.63) is 17.6 Å². The van der Waals surface area contributed by atoms with Gasteiger partial charge in [-0.15, -0.1) is 0 Å². The summed E-state index contributed by atoms with van der Waals surface area (Å²) in [4.78, 5) is 12.4. The molecule has 152 valence electrons. The minimum absolute atomic E-state index is 0.0439. The second kappa shape index (κ2) is 6.88. The Hall–Kier alpha value is -2.42. The SMILES string of the molecule is COc1nc(NC2C3CC4CC2CC(O)(C4)C3)nc(N=C(N)/C=C(/C)N)c1F. The van der Waals surface area contributed by atoms with Gasteiger partial charge < -0.3 is 26.6 Å². The summed E-state index contributed by atoms with van der Waals surface area (Å²) in [5.74, 6) is 0.428. The molecule has 9 heteroatoms. The highest BCUT2D eigenvalue weighted by molar-refractivity contribution is 5.93. The van der Waals surface area contributed by atoms with Gasteiger partial charge in [0, 0.05) is 11.7 Å². The average Bonchev–Trinajstić information content (AvgIpc) is 2.58. The van der Waals surface area contributed by atoms with Crippen LogP contribution in [0.25, 0.3) is 0 Å². The van der Waals surface area contributed by atoms with Gasteiger partial charge in [-0.25, -0.2) is 4.99 Å². The van der Waals surface area contributed by atoms with Crippen LogP contribution in [0.5, 0.6) is 5.88 Å². The lowest BCUT2D eigenvalue weighted by molar-refractivity contribution is -0.129. The predicted octanol–water partition coefficient (Wildman–Crippen LogP) is 1.83. The quantitative estimate of drug-likeness (QED) is 0.445. The molecule has 0 spiro atoms. The molecule has 1 aromatic rings. The molecule has 1 heterocycles. The Labute approximate surface area is 163 Å². The van der Waals surface area contributed by atoms with Gasteiger partial charge in [-0.2, -0.15) is 14.4 Å². The molecule has 2 atom stereocenters. The van der Waals surface area contributed by atoms with Crippen LogP contribution in [0, 0.1) is 23.6 Å². The minimum Gasteiger partial charge on any atom is -0.479 e. The first-order chi connectivity index (χ1) is 13.3. The highest BCUT2D eigenvalue weighted by Gasteiger charge is 2.54. The number of nitrogens with one attached hydrogen (secondary N) is 1. The number of allylic oxidation sites excluding steroid dienone is 1. The molecule has 4 aliphatic carbocycles. The summed E-state index contributed by atoms with van der Waals surface area (Å²) in [7, 11) is 1.34. The molecule has 8 nitrogen and oxygen atoms in total.